The molecule has 0 aromatic carbocycles. The van der Waals surface area contributed by atoms with Crippen LogP contribution in [0.5, 0.6) is 0 Å². The normalized spacial score (nSPS) is 23.1. The summed E-state index contributed by atoms with van der Waals surface area (Å²) < 4.78 is 7.68. The van der Waals surface area contributed by atoms with Crippen molar-refractivity contribution in [2.75, 3.05) is 27.2 Å². The zero-order valence-corrected chi connectivity index (χ0v) is 12.5. The summed E-state index contributed by atoms with van der Waals surface area (Å²) in [5, 5.41) is 2.69. The summed E-state index contributed by atoms with van der Waals surface area (Å²) in [7, 11) is 3.40. The molecule has 0 aliphatic carbocycles. The maximum absolute atomic E-state index is 11.6. The van der Waals surface area contributed by atoms with Gasteiger partial charge in [-0.15, -0.1) is 0 Å². The Labute approximate surface area is 120 Å². The Kier molecular flexibility index (Phi) is 5.14. The molecule has 1 aromatic rings. The van der Waals surface area contributed by atoms with Gasteiger partial charge in [0.05, 0.1) is 18.1 Å². The largest absolute Gasteiger partial charge is 0.380 e. The van der Waals surface area contributed by atoms with E-state index in [1.165, 1.54) is 5.69 Å². The van der Waals surface area contributed by atoms with E-state index in [2.05, 4.69) is 26.7 Å². The molecule has 1 N–H and O–H groups in total. The fourth-order valence-electron chi connectivity index (χ4n) is 2.85. The summed E-state index contributed by atoms with van der Waals surface area (Å²) in [6.07, 6.45) is 4.43. The molecular weight excluding hydrogens is 256 g/mol. The summed E-state index contributed by atoms with van der Waals surface area (Å²) in [5.41, 5.74) is 1.21. The number of imidazole rings is 1. The number of nitrogens with one attached hydrogen (secondary N) is 1. The number of methoxy groups -OCH3 is 1. The van der Waals surface area contributed by atoms with E-state index in [9.17, 15) is 4.79 Å². The Morgan fingerprint density at radius 2 is 2.35 bits per heavy atom. The molecule has 2 rings (SSSR count). The lowest BCUT2D eigenvalue weighted by molar-refractivity contribution is -0.122. The predicted octanol–water partition coefficient (Wildman–Crippen LogP) is 0.486. The Balaban J connectivity index is 1.96. The number of rotatable bonds is 6. The quantitative estimate of drug-likeness (QED) is 0.824. The number of likely N-dealkylation sites (tertiary alicyclic amines) is 1. The molecule has 6 heteroatoms. The Hall–Kier alpha value is -1.40. The number of amides is 1. The lowest BCUT2D eigenvalue weighted by Crippen LogP contribution is -2.28. The minimum Gasteiger partial charge on any atom is -0.380 e. The van der Waals surface area contributed by atoms with Gasteiger partial charge in [0.2, 0.25) is 5.91 Å². The van der Waals surface area contributed by atoms with Crippen LogP contribution in [-0.2, 0) is 22.6 Å². The number of carbonyl (C=O) groups is 1. The Morgan fingerprint density at radius 1 is 1.55 bits per heavy atom. The standard InChI is InChI=1S/C14H24N4O2/c1-4-18-10-16-6-12(18)8-17-7-11(5-14(19)15-2)13(9-17)20-3/h6,10-11,13H,4-5,7-9H2,1-3H3,(H,15,19)/t11-,13-/m0/s1. The highest BCUT2D eigenvalue weighted by Gasteiger charge is 2.34. The summed E-state index contributed by atoms with van der Waals surface area (Å²) in [5.74, 6) is 0.343. The molecule has 1 fully saturated rings. The first-order chi connectivity index (χ1) is 9.67. The summed E-state index contributed by atoms with van der Waals surface area (Å²) >= 11 is 0. The second kappa shape index (κ2) is 6.85. The van der Waals surface area contributed by atoms with E-state index in [1.54, 1.807) is 14.2 Å². The van der Waals surface area contributed by atoms with Crippen LogP contribution >= 0.6 is 0 Å². The molecule has 112 valence electrons. The second-order valence-corrected chi connectivity index (χ2v) is 5.28. The van der Waals surface area contributed by atoms with Gasteiger partial charge >= 0.3 is 0 Å². The van der Waals surface area contributed by atoms with E-state index in [1.807, 2.05) is 12.5 Å². The SMILES string of the molecule is CCn1cncc1CN1C[C@H](CC(=O)NC)[C@@H](OC)C1. The first kappa shape index (κ1) is 15.0. The van der Waals surface area contributed by atoms with Crippen LogP contribution in [0.3, 0.4) is 0 Å². The van der Waals surface area contributed by atoms with Crippen molar-refractivity contribution in [3.8, 4) is 0 Å². The first-order valence-corrected chi connectivity index (χ1v) is 7.12. The molecule has 1 amide bonds. The van der Waals surface area contributed by atoms with Crippen LogP contribution in [0.1, 0.15) is 19.0 Å². The number of ether oxygens (including phenoxy) is 1. The number of hydrogen-bond donors (Lipinski definition) is 1. The lowest BCUT2D eigenvalue weighted by Gasteiger charge is -2.16. The molecule has 6 nitrogen and oxygen atoms in total. The van der Waals surface area contributed by atoms with Gasteiger partial charge in [0.1, 0.15) is 0 Å². The molecule has 1 aromatic heterocycles. The molecule has 1 saturated heterocycles. The highest BCUT2D eigenvalue weighted by molar-refractivity contribution is 5.75. The van der Waals surface area contributed by atoms with Gasteiger partial charge in [-0.3, -0.25) is 9.69 Å². The van der Waals surface area contributed by atoms with E-state index in [0.717, 1.165) is 26.2 Å². The highest BCUT2D eigenvalue weighted by atomic mass is 16.5. The van der Waals surface area contributed by atoms with Crippen LogP contribution < -0.4 is 5.32 Å². The maximum Gasteiger partial charge on any atom is 0.220 e. The molecule has 0 unspecified atom stereocenters. The predicted molar refractivity (Wildman–Crippen MR) is 76.1 cm³/mol. The number of nitrogens with zero attached hydrogens (tertiary/aromatic N) is 3. The van der Waals surface area contributed by atoms with Gasteiger partial charge in [0, 0.05) is 58.9 Å². The van der Waals surface area contributed by atoms with Gasteiger partial charge in [-0.1, -0.05) is 0 Å². The number of aromatic nitrogens is 2. The van der Waals surface area contributed by atoms with Crippen molar-refractivity contribution < 1.29 is 9.53 Å². The Bertz CT molecular complexity index is 446. The van der Waals surface area contributed by atoms with Crippen LogP contribution in [0.4, 0.5) is 0 Å². The van der Waals surface area contributed by atoms with Crippen molar-refractivity contribution in [1.29, 1.82) is 0 Å². The van der Waals surface area contributed by atoms with E-state index >= 15 is 0 Å². The van der Waals surface area contributed by atoms with Crippen LogP contribution in [0.2, 0.25) is 0 Å². The van der Waals surface area contributed by atoms with Gasteiger partial charge < -0.3 is 14.6 Å². The second-order valence-electron chi connectivity index (χ2n) is 5.28. The molecule has 2 atom stereocenters. The van der Waals surface area contributed by atoms with Crippen LogP contribution in [-0.4, -0.2) is 53.7 Å². The topological polar surface area (TPSA) is 59.4 Å². The van der Waals surface area contributed by atoms with Crippen LogP contribution in [0.15, 0.2) is 12.5 Å². The monoisotopic (exact) mass is 280 g/mol. The molecule has 2 heterocycles. The Morgan fingerprint density at radius 3 is 3.00 bits per heavy atom. The smallest absolute Gasteiger partial charge is 0.220 e. The van der Waals surface area contributed by atoms with Gasteiger partial charge in [0.25, 0.3) is 0 Å². The van der Waals surface area contributed by atoms with E-state index < -0.39 is 0 Å². The molecule has 0 bridgehead atoms. The van der Waals surface area contributed by atoms with Crippen molar-refractivity contribution >= 4 is 5.91 Å². The minimum atomic E-state index is 0.0810. The van der Waals surface area contributed by atoms with Crippen LogP contribution in [0.25, 0.3) is 0 Å². The number of carbonyl (C=O) groups excluding carboxylic acids is 1. The lowest BCUT2D eigenvalue weighted by atomic mass is 10.0. The van der Waals surface area contributed by atoms with E-state index in [-0.39, 0.29) is 17.9 Å². The average molecular weight is 280 g/mol. The first-order valence-electron chi connectivity index (χ1n) is 7.12. The van der Waals surface area contributed by atoms with Crippen molar-refractivity contribution in [3.05, 3.63) is 18.2 Å². The highest BCUT2D eigenvalue weighted by Crippen LogP contribution is 2.24. The third kappa shape index (κ3) is 3.37. The van der Waals surface area contributed by atoms with E-state index in [4.69, 9.17) is 4.74 Å². The zero-order chi connectivity index (χ0) is 14.5. The van der Waals surface area contributed by atoms with Crippen LogP contribution in [0, 0.1) is 5.92 Å². The van der Waals surface area contributed by atoms with Crippen molar-refractivity contribution in [3.63, 3.8) is 0 Å². The molecular formula is C14H24N4O2. The third-order valence-electron chi connectivity index (χ3n) is 4.01. The molecule has 20 heavy (non-hydrogen) atoms. The molecule has 0 spiro atoms. The number of hydrogen-bond acceptors (Lipinski definition) is 4. The third-order valence-corrected chi connectivity index (χ3v) is 4.01. The number of aryl methyl sites for hydroxylation is 1. The fraction of sp³-hybridized carbons (Fsp3) is 0.714. The molecule has 0 radical (unpaired) electrons. The summed E-state index contributed by atoms with van der Waals surface area (Å²) in [4.78, 5) is 18.1. The van der Waals surface area contributed by atoms with Crippen molar-refractivity contribution in [1.82, 2.24) is 19.8 Å². The minimum absolute atomic E-state index is 0.0810. The zero-order valence-electron chi connectivity index (χ0n) is 12.5. The van der Waals surface area contributed by atoms with Crippen molar-refractivity contribution in [2.24, 2.45) is 5.92 Å². The average Bonchev–Trinajstić information content (AvgIpc) is 3.05. The van der Waals surface area contributed by atoms with Gasteiger partial charge in [-0.05, 0) is 6.92 Å². The van der Waals surface area contributed by atoms with Gasteiger partial charge in [-0.2, -0.15) is 0 Å². The summed E-state index contributed by atoms with van der Waals surface area (Å²) in [6.45, 7) is 5.66. The molecule has 0 saturated carbocycles. The van der Waals surface area contributed by atoms with Gasteiger partial charge in [-0.25, -0.2) is 4.98 Å². The fourth-order valence-corrected chi connectivity index (χ4v) is 2.85. The summed E-state index contributed by atoms with van der Waals surface area (Å²) in [6, 6.07) is 0. The van der Waals surface area contributed by atoms with Gasteiger partial charge in [0.15, 0.2) is 0 Å². The molecule has 1 aliphatic heterocycles. The maximum atomic E-state index is 11.6. The molecule has 1 aliphatic rings. The van der Waals surface area contributed by atoms with E-state index in [0.29, 0.717) is 6.42 Å². The van der Waals surface area contributed by atoms with Crippen molar-refractivity contribution in [2.45, 2.75) is 32.5 Å².